The van der Waals surface area contributed by atoms with E-state index in [0.29, 0.717) is 18.3 Å². The molecule has 0 saturated heterocycles. The molecule has 29 heavy (non-hydrogen) atoms. The monoisotopic (exact) mass is 412 g/mol. The Morgan fingerprint density at radius 1 is 1.07 bits per heavy atom. The number of ether oxygens (including phenoxy) is 2. The molecule has 0 unspecified atom stereocenters. The maximum atomic E-state index is 12.9. The zero-order valence-electron chi connectivity index (χ0n) is 16.8. The fourth-order valence-corrected chi connectivity index (χ4v) is 3.85. The van der Waals surface area contributed by atoms with Gasteiger partial charge in [-0.15, -0.1) is 0 Å². The summed E-state index contributed by atoms with van der Waals surface area (Å²) in [5.74, 6) is -0.886. The van der Waals surface area contributed by atoms with Crippen molar-refractivity contribution in [1.29, 1.82) is 0 Å². The van der Waals surface area contributed by atoms with Gasteiger partial charge in [0.05, 0.1) is 16.8 Å². The van der Waals surface area contributed by atoms with E-state index in [0.717, 1.165) is 26.9 Å². The Labute approximate surface area is 174 Å². The Balaban J connectivity index is 1.86. The van der Waals surface area contributed by atoms with Crippen molar-refractivity contribution >= 4 is 38.6 Å². The highest BCUT2D eigenvalue weighted by atomic mass is 32.1. The van der Waals surface area contributed by atoms with Gasteiger partial charge in [0, 0.05) is 6.61 Å². The second-order valence-corrected chi connectivity index (χ2v) is 7.62. The predicted molar refractivity (Wildman–Crippen MR) is 114 cm³/mol. The minimum atomic E-state index is -0.560. The third kappa shape index (κ3) is 5.19. The summed E-state index contributed by atoms with van der Waals surface area (Å²) < 4.78 is 11.1. The van der Waals surface area contributed by atoms with E-state index in [1.807, 2.05) is 50.2 Å². The van der Waals surface area contributed by atoms with Crippen molar-refractivity contribution in [2.24, 2.45) is 0 Å². The zero-order valence-corrected chi connectivity index (χ0v) is 17.6. The first-order valence-corrected chi connectivity index (χ1v) is 10.3. The molecule has 0 saturated carbocycles. The van der Waals surface area contributed by atoms with Crippen LogP contribution < -0.4 is 4.90 Å². The highest BCUT2D eigenvalue weighted by Crippen LogP contribution is 2.32. The summed E-state index contributed by atoms with van der Waals surface area (Å²) in [6.07, 6.45) is 0. The van der Waals surface area contributed by atoms with Gasteiger partial charge >= 0.3 is 5.97 Å². The van der Waals surface area contributed by atoms with Gasteiger partial charge in [-0.2, -0.15) is 0 Å². The molecule has 0 spiro atoms. The number of aryl methyl sites for hydroxylation is 2. The van der Waals surface area contributed by atoms with E-state index in [2.05, 4.69) is 6.07 Å². The molecule has 1 heterocycles. The van der Waals surface area contributed by atoms with Crippen LogP contribution in [0.25, 0.3) is 10.2 Å². The highest BCUT2D eigenvalue weighted by molar-refractivity contribution is 7.22. The second-order valence-electron chi connectivity index (χ2n) is 6.61. The topological polar surface area (TPSA) is 68.7 Å². The molecule has 0 aliphatic carbocycles. The third-order valence-corrected chi connectivity index (χ3v) is 5.61. The SMILES string of the molecule is CCOCC(=O)OCC(=O)N(Cc1ccccc1)c1nc2c(C)c(C)ccc2s1. The average Bonchev–Trinajstić information content (AvgIpc) is 3.17. The van der Waals surface area contributed by atoms with Gasteiger partial charge in [-0.05, 0) is 43.5 Å². The smallest absolute Gasteiger partial charge is 0.332 e. The lowest BCUT2D eigenvalue weighted by Gasteiger charge is -2.20. The number of aromatic nitrogens is 1. The number of rotatable bonds is 8. The number of carbonyl (C=O) groups is 2. The second kappa shape index (κ2) is 9.62. The number of hydrogen-bond donors (Lipinski definition) is 0. The summed E-state index contributed by atoms with van der Waals surface area (Å²) in [5.41, 5.74) is 4.11. The standard InChI is InChI=1S/C22H24N2O4S/c1-4-27-14-20(26)28-13-19(25)24(12-17-8-6-5-7-9-17)22-23-21-16(3)15(2)10-11-18(21)29-22/h5-11H,4,12-14H2,1-3H3. The van der Waals surface area contributed by atoms with Crippen LogP contribution in [0.3, 0.4) is 0 Å². The first-order chi connectivity index (χ1) is 14.0. The van der Waals surface area contributed by atoms with Gasteiger partial charge in [0.2, 0.25) is 0 Å². The maximum Gasteiger partial charge on any atom is 0.332 e. The van der Waals surface area contributed by atoms with Crippen LogP contribution in [-0.4, -0.2) is 36.7 Å². The molecule has 6 nitrogen and oxygen atoms in total. The van der Waals surface area contributed by atoms with E-state index in [1.165, 1.54) is 11.3 Å². The van der Waals surface area contributed by atoms with Crippen molar-refractivity contribution in [3.8, 4) is 0 Å². The Morgan fingerprint density at radius 3 is 2.55 bits per heavy atom. The molecule has 0 aliphatic rings. The van der Waals surface area contributed by atoms with Gasteiger partial charge in [0.1, 0.15) is 6.61 Å². The fraction of sp³-hybridized carbons (Fsp3) is 0.318. The summed E-state index contributed by atoms with van der Waals surface area (Å²) in [5, 5.41) is 0.586. The van der Waals surface area contributed by atoms with Crippen LogP contribution in [0.4, 0.5) is 5.13 Å². The van der Waals surface area contributed by atoms with E-state index in [9.17, 15) is 9.59 Å². The van der Waals surface area contributed by atoms with Gasteiger partial charge in [-0.3, -0.25) is 9.69 Å². The molecule has 0 aliphatic heterocycles. The number of amides is 1. The quantitative estimate of drug-likeness (QED) is 0.523. The number of esters is 1. The van der Waals surface area contributed by atoms with Crippen LogP contribution >= 0.6 is 11.3 Å². The highest BCUT2D eigenvalue weighted by Gasteiger charge is 2.22. The van der Waals surface area contributed by atoms with Crippen LogP contribution in [0.2, 0.25) is 0 Å². The van der Waals surface area contributed by atoms with Gasteiger partial charge in [-0.1, -0.05) is 47.7 Å². The molecule has 0 N–H and O–H groups in total. The maximum absolute atomic E-state index is 12.9. The number of fused-ring (bicyclic) bond motifs is 1. The van der Waals surface area contributed by atoms with E-state index < -0.39 is 5.97 Å². The Kier molecular flexibility index (Phi) is 6.95. The minimum Gasteiger partial charge on any atom is -0.454 e. The number of nitrogens with zero attached hydrogens (tertiary/aromatic N) is 2. The molecule has 1 aromatic heterocycles. The molecule has 1 amide bonds. The Hall–Kier alpha value is -2.77. The zero-order chi connectivity index (χ0) is 20.8. The van der Waals surface area contributed by atoms with Gasteiger partial charge in [0.25, 0.3) is 5.91 Å². The lowest BCUT2D eigenvalue weighted by Crippen LogP contribution is -2.34. The first kappa shape index (κ1) is 21.0. The van der Waals surface area contributed by atoms with Crippen LogP contribution in [0.5, 0.6) is 0 Å². The van der Waals surface area contributed by atoms with E-state index in [4.69, 9.17) is 14.5 Å². The molecule has 0 radical (unpaired) electrons. The lowest BCUT2D eigenvalue weighted by molar-refractivity contribution is -0.152. The van der Waals surface area contributed by atoms with E-state index in [-0.39, 0.29) is 19.1 Å². The van der Waals surface area contributed by atoms with Crippen molar-refractivity contribution < 1.29 is 19.1 Å². The van der Waals surface area contributed by atoms with Crippen LogP contribution in [0.15, 0.2) is 42.5 Å². The van der Waals surface area contributed by atoms with Gasteiger partial charge in [-0.25, -0.2) is 9.78 Å². The van der Waals surface area contributed by atoms with Crippen molar-refractivity contribution in [1.82, 2.24) is 4.98 Å². The minimum absolute atomic E-state index is 0.165. The summed E-state index contributed by atoms with van der Waals surface area (Å²) in [4.78, 5) is 30.9. The number of hydrogen-bond acceptors (Lipinski definition) is 6. The lowest BCUT2D eigenvalue weighted by atomic mass is 10.1. The Bertz CT molecular complexity index is 1000. The summed E-state index contributed by atoms with van der Waals surface area (Å²) >= 11 is 1.45. The molecular weight excluding hydrogens is 388 g/mol. The molecule has 0 fully saturated rings. The van der Waals surface area contributed by atoms with Crippen molar-refractivity contribution in [3.63, 3.8) is 0 Å². The molecule has 152 valence electrons. The first-order valence-electron chi connectivity index (χ1n) is 9.44. The molecule has 2 aromatic carbocycles. The number of thiazole rings is 1. The van der Waals surface area contributed by atoms with Crippen LogP contribution in [-0.2, 0) is 25.6 Å². The molecule has 0 bridgehead atoms. The van der Waals surface area contributed by atoms with Crippen molar-refractivity contribution in [2.75, 3.05) is 24.7 Å². The van der Waals surface area contributed by atoms with Gasteiger partial charge in [0.15, 0.2) is 11.7 Å². The normalized spacial score (nSPS) is 10.9. The fourth-order valence-electron chi connectivity index (χ4n) is 2.81. The largest absolute Gasteiger partial charge is 0.454 e. The van der Waals surface area contributed by atoms with E-state index in [1.54, 1.807) is 11.8 Å². The predicted octanol–water partition coefficient (Wildman–Crippen LogP) is 4.03. The third-order valence-electron chi connectivity index (χ3n) is 4.57. The molecule has 3 rings (SSSR count). The van der Waals surface area contributed by atoms with E-state index >= 15 is 0 Å². The molecule has 7 heteroatoms. The average molecular weight is 413 g/mol. The number of anilines is 1. The number of benzene rings is 2. The molecular formula is C22H24N2O4S. The summed E-state index contributed by atoms with van der Waals surface area (Å²) in [6, 6.07) is 13.7. The molecule has 0 atom stereocenters. The van der Waals surface area contributed by atoms with Gasteiger partial charge < -0.3 is 9.47 Å². The number of carbonyl (C=O) groups excluding carboxylic acids is 2. The summed E-state index contributed by atoms with van der Waals surface area (Å²) in [7, 11) is 0. The van der Waals surface area contributed by atoms with Crippen molar-refractivity contribution in [3.05, 3.63) is 59.2 Å². The van der Waals surface area contributed by atoms with Crippen LogP contribution in [0.1, 0.15) is 23.6 Å². The summed E-state index contributed by atoms with van der Waals surface area (Å²) in [6.45, 7) is 6.10. The molecule has 3 aromatic rings. The van der Waals surface area contributed by atoms with Crippen molar-refractivity contribution in [2.45, 2.75) is 27.3 Å². The van der Waals surface area contributed by atoms with Crippen LogP contribution in [0, 0.1) is 13.8 Å². The Morgan fingerprint density at radius 2 is 1.83 bits per heavy atom.